The van der Waals surface area contributed by atoms with Crippen LogP contribution in [0.15, 0.2) is 81.2 Å². The number of benzene rings is 2. The summed E-state index contributed by atoms with van der Waals surface area (Å²) in [4.78, 5) is 15.5. The van der Waals surface area contributed by atoms with E-state index in [4.69, 9.17) is 16.0 Å². The van der Waals surface area contributed by atoms with Gasteiger partial charge < -0.3 is 9.73 Å². The smallest absolute Gasteiger partial charge is 0.417 e. The summed E-state index contributed by atoms with van der Waals surface area (Å²) >= 11 is 5.57. The Labute approximate surface area is 190 Å². The van der Waals surface area contributed by atoms with Gasteiger partial charge >= 0.3 is 6.18 Å². The van der Waals surface area contributed by atoms with Gasteiger partial charge in [-0.2, -0.15) is 13.2 Å². The first kappa shape index (κ1) is 22.8. The van der Waals surface area contributed by atoms with Gasteiger partial charge in [0.05, 0.1) is 26.6 Å². The number of carbonyl (C=O) groups excluding carboxylic acids is 1. The lowest BCUT2D eigenvalue weighted by Crippen LogP contribution is -2.22. The number of hydrogen-bond donors (Lipinski definition) is 1. The molecule has 6 nitrogen and oxygen atoms in total. The number of halogens is 4. The fourth-order valence-corrected chi connectivity index (χ4v) is 4.59. The fourth-order valence-electron chi connectivity index (χ4n) is 3.08. The van der Waals surface area contributed by atoms with Crippen molar-refractivity contribution < 1.29 is 30.8 Å². The Morgan fingerprint density at radius 1 is 1.03 bits per heavy atom. The van der Waals surface area contributed by atoms with Crippen LogP contribution in [0.1, 0.15) is 21.7 Å². The quantitative estimate of drug-likeness (QED) is 0.408. The van der Waals surface area contributed by atoms with E-state index >= 15 is 0 Å². The Kier molecular flexibility index (Phi) is 5.89. The molecule has 0 radical (unpaired) electrons. The summed E-state index contributed by atoms with van der Waals surface area (Å²) in [6, 6.07) is 11.1. The highest BCUT2D eigenvalue weighted by Gasteiger charge is 2.34. The van der Waals surface area contributed by atoms with E-state index in [2.05, 4.69) is 10.3 Å². The number of hydrogen-bond acceptors (Lipinski definition) is 5. The molecule has 0 spiro atoms. The largest absolute Gasteiger partial charge is 0.449 e. The minimum Gasteiger partial charge on any atom is -0.449 e. The van der Waals surface area contributed by atoms with Crippen LogP contribution in [0.4, 0.5) is 13.2 Å². The first-order valence-corrected chi connectivity index (χ1v) is 11.2. The second-order valence-electron chi connectivity index (χ2n) is 6.99. The molecule has 0 saturated carbocycles. The molecule has 11 heteroatoms. The number of aromatic nitrogens is 1. The van der Waals surface area contributed by atoms with E-state index in [0.717, 1.165) is 17.5 Å². The molecule has 1 amide bonds. The van der Waals surface area contributed by atoms with Gasteiger partial charge in [0.2, 0.25) is 9.84 Å². The van der Waals surface area contributed by atoms with Gasteiger partial charge in [0.1, 0.15) is 0 Å². The first-order valence-electron chi connectivity index (χ1n) is 9.38. The zero-order valence-corrected chi connectivity index (χ0v) is 18.1. The Balaban J connectivity index is 1.49. The summed E-state index contributed by atoms with van der Waals surface area (Å²) in [5, 5.41) is 2.79. The molecule has 0 aliphatic carbocycles. The van der Waals surface area contributed by atoms with Crippen LogP contribution in [-0.4, -0.2) is 19.3 Å². The lowest BCUT2D eigenvalue weighted by molar-refractivity contribution is -0.137. The SMILES string of the molecule is O=C(NCc1ccc(S(=O)(=O)c2ccc(Cl)c(C(F)(F)F)c2)cc1)c1cc2ccncc2o1. The predicted molar refractivity (Wildman–Crippen MR) is 114 cm³/mol. The highest BCUT2D eigenvalue weighted by Crippen LogP contribution is 2.37. The number of rotatable bonds is 5. The highest BCUT2D eigenvalue weighted by molar-refractivity contribution is 7.91. The van der Waals surface area contributed by atoms with Gasteiger partial charge in [-0.15, -0.1) is 0 Å². The minimum absolute atomic E-state index is 0.0770. The third-order valence-corrected chi connectivity index (χ3v) is 6.88. The van der Waals surface area contributed by atoms with Crippen LogP contribution < -0.4 is 5.32 Å². The summed E-state index contributed by atoms with van der Waals surface area (Å²) in [7, 11) is -4.21. The van der Waals surface area contributed by atoms with Crippen LogP contribution in [0, 0.1) is 0 Å². The van der Waals surface area contributed by atoms with Gasteiger partial charge in [-0.1, -0.05) is 23.7 Å². The Morgan fingerprint density at radius 2 is 1.73 bits per heavy atom. The van der Waals surface area contributed by atoms with Crippen molar-refractivity contribution in [3.63, 3.8) is 0 Å². The lowest BCUT2D eigenvalue weighted by atomic mass is 10.2. The zero-order valence-electron chi connectivity index (χ0n) is 16.6. The van der Waals surface area contributed by atoms with Crippen LogP contribution in [0.3, 0.4) is 0 Å². The summed E-state index contributed by atoms with van der Waals surface area (Å²) in [6.07, 6.45) is -1.73. The summed E-state index contributed by atoms with van der Waals surface area (Å²) in [6.45, 7) is 0.0770. The van der Waals surface area contributed by atoms with Gasteiger partial charge in [-0.3, -0.25) is 9.78 Å². The second-order valence-corrected chi connectivity index (χ2v) is 9.35. The molecule has 33 heavy (non-hydrogen) atoms. The first-order chi connectivity index (χ1) is 15.6. The zero-order chi connectivity index (χ0) is 23.8. The maximum atomic E-state index is 13.1. The van der Waals surface area contributed by atoms with Crippen molar-refractivity contribution in [1.29, 1.82) is 0 Å². The van der Waals surface area contributed by atoms with Gasteiger partial charge in [0.15, 0.2) is 11.3 Å². The Morgan fingerprint density at radius 3 is 2.39 bits per heavy atom. The third-order valence-electron chi connectivity index (χ3n) is 4.79. The molecule has 4 rings (SSSR count). The molecule has 0 atom stereocenters. The van der Waals surface area contributed by atoms with Gasteiger partial charge in [-0.05, 0) is 48.0 Å². The number of pyridine rings is 1. The van der Waals surface area contributed by atoms with Crippen molar-refractivity contribution in [3.8, 4) is 0 Å². The Hall–Kier alpha value is -3.37. The molecular formula is C22H14ClF3N2O4S. The maximum Gasteiger partial charge on any atom is 0.417 e. The molecule has 4 aromatic rings. The third kappa shape index (κ3) is 4.71. The molecule has 0 bridgehead atoms. The van der Waals surface area contributed by atoms with Crippen LogP contribution in [0.2, 0.25) is 5.02 Å². The molecule has 0 aliphatic heterocycles. The average Bonchev–Trinajstić information content (AvgIpc) is 3.21. The highest BCUT2D eigenvalue weighted by atomic mass is 35.5. The molecule has 0 fully saturated rings. The molecule has 0 saturated heterocycles. The number of amides is 1. The summed E-state index contributed by atoms with van der Waals surface area (Å²) in [5.74, 6) is -0.371. The lowest BCUT2D eigenvalue weighted by Gasteiger charge is -2.12. The molecular weight excluding hydrogens is 481 g/mol. The number of sulfone groups is 1. The summed E-state index contributed by atoms with van der Waals surface area (Å²) < 4.78 is 70.2. The molecule has 1 N–H and O–H groups in total. The van der Waals surface area contributed by atoms with Crippen molar-refractivity contribution in [1.82, 2.24) is 10.3 Å². The fraction of sp³-hybridized carbons (Fsp3) is 0.0909. The number of alkyl halides is 3. The van der Waals surface area contributed by atoms with Gasteiger partial charge in [0, 0.05) is 18.1 Å². The number of fused-ring (bicyclic) bond motifs is 1. The molecule has 2 aromatic carbocycles. The number of nitrogens with one attached hydrogen (secondary N) is 1. The van der Waals surface area contributed by atoms with Crippen LogP contribution >= 0.6 is 11.6 Å². The second kappa shape index (κ2) is 8.53. The van der Waals surface area contributed by atoms with E-state index in [1.165, 1.54) is 30.5 Å². The number of nitrogens with zero attached hydrogens (tertiary/aromatic N) is 1. The minimum atomic E-state index is -4.79. The molecule has 0 unspecified atom stereocenters. The monoisotopic (exact) mass is 494 g/mol. The maximum absolute atomic E-state index is 13.1. The van der Waals surface area contributed by atoms with Gasteiger partial charge in [0.25, 0.3) is 5.91 Å². The summed E-state index contributed by atoms with van der Waals surface area (Å²) in [5.41, 5.74) is -0.189. The van der Waals surface area contributed by atoms with Crippen LogP contribution in [0.5, 0.6) is 0 Å². The van der Waals surface area contributed by atoms with E-state index in [1.807, 2.05) is 0 Å². The van der Waals surface area contributed by atoms with Crippen molar-refractivity contribution in [2.75, 3.05) is 0 Å². The van der Waals surface area contributed by atoms with Crippen LogP contribution in [0.25, 0.3) is 11.0 Å². The van der Waals surface area contributed by atoms with Crippen molar-refractivity contribution in [3.05, 3.63) is 88.9 Å². The number of furan rings is 1. The molecule has 2 heterocycles. The molecule has 170 valence electrons. The normalized spacial score (nSPS) is 12.1. The van der Waals surface area contributed by atoms with E-state index in [-0.39, 0.29) is 17.2 Å². The van der Waals surface area contributed by atoms with Crippen molar-refractivity contribution in [2.24, 2.45) is 0 Å². The van der Waals surface area contributed by atoms with Crippen molar-refractivity contribution >= 4 is 38.3 Å². The van der Waals surface area contributed by atoms with E-state index in [9.17, 15) is 26.4 Å². The van der Waals surface area contributed by atoms with Gasteiger partial charge in [-0.25, -0.2) is 8.42 Å². The average molecular weight is 495 g/mol. The van der Waals surface area contributed by atoms with Crippen LogP contribution in [-0.2, 0) is 22.6 Å². The van der Waals surface area contributed by atoms with Crippen molar-refractivity contribution in [2.45, 2.75) is 22.5 Å². The Bertz CT molecular complexity index is 1420. The molecule has 2 aromatic heterocycles. The van der Waals surface area contributed by atoms with E-state index in [1.54, 1.807) is 18.3 Å². The predicted octanol–water partition coefficient (Wildman–Crippen LogP) is 5.26. The topological polar surface area (TPSA) is 89.3 Å². The standard InChI is InChI=1S/C22H14ClF3N2O4S/c23-18-6-5-16(10-17(18)22(24,25)26)33(30,31)15-3-1-13(2-4-15)11-28-21(29)19-9-14-7-8-27-12-20(14)32-19/h1-10,12H,11H2,(H,28,29). The number of carbonyl (C=O) groups is 1. The van der Waals surface area contributed by atoms with E-state index < -0.39 is 37.4 Å². The van der Waals surface area contributed by atoms with E-state index in [0.29, 0.717) is 17.2 Å². The molecule has 0 aliphatic rings.